The maximum atomic E-state index is 13.4. The maximum absolute atomic E-state index is 13.4. The summed E-state index contributed by atoms with van der Waals surface area (Å²) in [6, 6.07) is 12.1. The smallest absolute Gasteiger partial charge is 0.254 e. The van der Waals surface area contributed by atoms with E-state index in [1.165, 1.54) is 0 Å². The molecule has 0 unspecified atom stereocenters. The van der Waals surface area contributed by atoms with E-state index in [0.29, 0.717) is 13.1 Å². The van der Waals surface area contributed by atoms with Gasteiger partial charge in [0, 0.05) is 18.5 Å². The molecule has 0 radical (unpaired) electrons. The third-order valence-corrected chi connectivity index (χ3v) is 5.57. The van der Waals surface area contributed by atoms with Crippen LogP contribution in [-0.2, 0) is 4.74 Å². The Hall–Kier alpha value is -2.24. The zero-order valence-electron chi connectivity index (χ0n) is 15.2. The molecule has 2 atom stereocenters. The number of benzene rings is 1. The molecule has 2 aromatic heterocycles. The lowest BCUT2D eigenvalue weighted by Gasteiger charge is -2.35. The molecule has 4 rings (SSSR count). The Labute approximate surface area is 157 Å². The quantitative estimate of drug-likeness (QED) is 0.670. The first-order valence-electron chi connectivity index (χ1n) is 8.91. The van der Waals surface area contributed by atoms with Gasteiger partial charge in [0.05, 0.1) is 33.9 Å². The van der Waals surface area contributed by atoms with Crippen molar-refractivity contribution in [2.75, 3.05) is 13.1 Å². The number of ether oxygens (including phenoxy) is 1. The molecule has 0 spiro atoms. The lowest BCUT2D eigenvalue weighted by Crippen LogP contribution is -2.48. The fourth-order valence-corrected chi connectivity index (χ4v) is 4.27. The van der Waals surface area contributed by atoms with E-state index in [2.05, 4.69) is 6.07 Å². The van der Waals surface area contributed by atoms with Gasteiger partial charge in [0.15, 0.2) is 0 Å². The second-order valence-corrected chi connectivity index (χ2v) is 7.97. The highest BCUT2D eigenvalue weighted by atomic mass is 32.1. The summed E-state index contributed by atoms with van der Waals surface area (Å²) in [5, 5.41) is 2.95. The number of hydrogen-bond acceptors (Lipinski definition) is 4. The Morgan fingerprint density at radius 1 is 1.19 bits per heavy atom. The van der Waals surface area contributed by atoms with Crippen molar-refractivity contribution in [1.29, 1.82) is 0 Å². The Balaban J connectivity index is 1.84. The van der Waals surface area contributed by atoms with E-state index in [4.69, 9.17) is 9.72 Å². The van der Waals surface area contributed by atoms with Gasteiger partial charge in [-0.3, -0.25) is 4.79 Å². The zero-order valence-corrected chi connectivity index (χ0v) is 16.0. The lowest BCUT2D eigenvalue weighted by atomic mass is 10.0. The summed E-state index contributed by atoms with van der Waals surface area (Å²) in [5.41, 5.74) is 3.57. The van der Waals surface area contributed by atoms with Gasteiger partial charge in [-0.2, -0.15) is 0 Å². The van der Waals surface area contributed by atoms with Crippen molar-refractivity contribution >= 4 is 28.1 Å². The molecule has 1 fully saturated rings. The molecule has 26 heavy (non-hydrogen) atoms. The molecule has 0 saturated carbocycles. The maximum Gasteiger partial charge on any atom is 0.254 e. The van der Waals surface area contributed by atoms with E-state index in [1.807, 2.05) is 61.4 Å². The van der Waals surface area contributed by atoms with Crippen LogP contribution >= 0.6 is 11.3 Å². The van der Waals surface area contributed by atoms with Gasteiger partial charge in [-0.1, -0.05) is 17.7 Å². The molecule has 1 saturated heterocycles. The molecular weight excluding hydrogens is 344 g/mol. The molecule has 1 aliphatic heterocycles. The van der Waals surface area contributed by atoms with Crippen LogP contribution < -0.4 is 0 Å². The lowest BCUT2D eigenvalue weighted by molar-refractivity contribution is -0.0585. The van der Waals surface area contributed by atoms with Crippen molar-refractivity contribution in [2.24, 2.45) is 0 Å². The van der Waals surface area contributed by atoms with Crippen molar-refractivity contribution in [3.8, 4) is 10.6 Å². The number of carbonyl (C=O) groups is 1. The summed E-state index contributed by atoms with van der Waals surface area (Å²) in [5.74, 6) is 0.0582. The second-order valence-electron chi connectivity index (χ2n) is 7.02. The Kier molecular flexibility index (Phi) is 4.51. The number of morpholine rings is 1. The minimum atomic E-state index is 0.0503. The van der Waals surface area contributed by atoms with Crippen LogP contribution in [0.2, 0.25) is 0 Å². The first kappa shape index (κ1) is 17.2. The molecule has 4 nitrogen and oxygen atoms in total. The summed E-state index contributed by atoms with van der Waals surface area (Å²) < 4.78 is 5.79. The van der Waals surface area contributed by atoms with Gasteiger partial charge >= 0.3 is 0 Å². The van der Waals surface area contributed by atoms with Crippen LogP contribution in [0.15, 0.2) is 41.8 Å². The van der Waals surface area contributed by atoms with Gasteiger partial charge in [0.1, 0.15) is 0 Å². The first-order valence-corrected chi connectivity index (χ1v) is 9.79. The summed E-state index contributed by atoms with van der Waals surface area (Å²) >= 11 is 1.64. The van der Waals surface area contributed by atoms with Gasteiger partial charge in [0.2, 0.25) is 0 Å². The van der Waals surface area contributed by atoms with E-state index in [0.717, 1.165) is 32.6 Å². The van der Waals surface area contributed by atoms with Crippen molar-refractivity contribution in [1.82, 2.24) is 9.88 Å². The number of thiophene rings is 1. The largest absolute Gasteiger partial charge is 0.372 e. The summed E-state index contributed by atoms with van der Waals surface area (Å²) in [6.45, 7) is 7.31. The van der Waals surface area contributed by atoms with Crippen molar-refractivity contribution in [3.05, 3.63) is 52.9 Å². The second kappa shape index (κ2) is 6.82. The Bertz CT molecular complexity index is 942. The van der Waals surface area contributed by atoms with Crippen LogP contribution in [-0.4, -0.2) is 41.1 Å². The number of fused-ring (bicyclic) bond motifs is 1. The van der Waals surface area contributed by atoms with Crippen LogP contribution in [0.25, 0.3) is 21.5 Å². The van der Waals surface area contributed by atoms with E-state index >= 15 is 0 Å². The molecule has 3 aromatic rings. The number of nitrogens with zero attached hydrogens (tertiary/aromatic N) is 2. The number of hydrogen-bond donors (Lipinski definition) is 0. The van der Waals surface area contributed by atoms with Gasteiger partial charge in [-0.05, 0) is 50.4 Å². The predicted octanol–water partition coefficient (Wildman–Crippen LogP) is 4.52. The van der Waals surface area contributed by atoms with Crippen molar-refractivity contribution < 1.29 is 9.53 Å². The summed E-state index contributed by atoms with van der Waals surface area (Å²) in [6.07, 6.45) is 0.101. The van der Waals surface area contributed by atoms with Gasteiger partial charge in [-0.25, -0.2) is 4.98 Å². The molecular formula is C21H22N2O2S. The molecule has 1 amide bonds. The van der Waals surface area contributed by atoms with Crippen molar-refractivity contribution in [3.63, 3.8) is 0 Å². The summed E-state index contributed by atoms with van der Waals surface area (Å²) in [4.78, 5) is 21.2. The summed E-state index contributed by atoms with van der Waals surface area (Å²) in [7, 11) is 0. The number of aryl methyl sites for hydroxylation is 1. The average Bonchev–Trinajstić information content (AvgIpc) is 3.14. The standard InChI is InChI=1S/C21H22N2O2S/c1-13-6-7-18-16(9-13)17(10-19(22-18)20-5-4-8-26-20)21(24)23-11-14(2)25-15(3)12-23/h4-10,14-15H,11-12H2,1-3H3/t14-,15-/m0/s1. The number of rotatable bonds is 2. The number of amides is 1. The van der Waals surface area contributed by atoms with E-state index in [1.54, 1.807) is 11.3 Å². The zero-order chi connectivity index (χ0) is 18.3. The third-order valence-electron chi connectivity index (χ3n) is 4.68. The minimum Gasteiger partial charge on any atom is -0.372 e. The van der Waals surface area contributed by atoms with E-state index in [9.17, 15) is 4.79 Å². The van der Waals surface area contributed by atoms with Crippen LogP contribution in [0.5, 0.6) is 0 Å². The Morgan fingerprint density at radius 2 is 1.96 bits per heavy atom. The molecule has 3 heterocycles. The minimum absolute atomic E-state index is 0.0503. The van der Waals surface area contributed by atoms with Gasteiger partial charge in [0.25, 0.3) is 5.91 Å². The highest BCUT2D eigenvalue weighted by molar-refractivity contribution is 7.13. The fraction of sp³-hybridized carbons (Fsp3) is 0.333. The molecule has 134 valence electrons. The SMILES string of the molecule is Cc1ccc2nc(-c3cccs3)cc(C(=O)N3C[C@H](C)O[C@@H](C)C3)c2c1. The monoisotopic (exact) mass is 366 g/mol. The van der Waals surface area contributed by atoms with E-state index in [-0.39, 0.29) is 18.1 Å². The highest BCUT2D eigenvalue weighted by Crippen LogP contribution is 2.29. The topological polar surface area (TPSA) is 42.4 Å². The van der Waals surface area contributed by atoms with Crippen LogP contribution in [0.4, 0.5) is 0 Å². The molecule has 0 N–H and O–H groups in total. The average molecular weight is 366 g/mol. The Morgan fingerprint density at radius 3 is 2.65 bits per heavy atom. The van der Waals surface area contributed by atoms with Crippen LogP contribution in [0.3, 0.4) is 0 Å². The molecule has 1 aliphatic rings. The van der Waals surface area contributed by atoms with Gasteiger partial charge in [-0.15, -0.1) is 11.3 Å². The van der Waals surface area contributed by atoms with E-state index < -0.39 is 0 Å². The molecule has 1 aromatic carbocycles. The number of pyridine rings is 1. The van der Waals surface area contributed by atoms with Crippen LogP contribution in [0.1, 0.15) is 29.8 Å². The molecule has 5 heteroatoms. The first-order chi connectivity index (χ1) is 12.5. The third kappa shape index (κ3) is 3.24. The normalized spacial score (nSPS) is 20.5. The van der Waals surface area contributed by atoms with Crippen molar-refractivity contribution in [2.45, 2.75) is 33.0 Å². The fourth-order valence-electron chi connectivity index (χ4n) is 3.58. The van der Waals surface area contributed by atoms with Crippen LogP contribution in [0, 0.1) is 6.92 Å². The predicted molar refractivity (Wildman–Crippen MR) is 106 cm³/mol. The number of carbonyl (C=O) groups excluding carboxylic acids is 1. The molecule has 0 bridgehead atoms. The molecule has 0 aliphatic carbocycles. The van der Waals surface area contributed by atoms with Gasteiger partial charge < -0.3 is 9.64 Å². The highest BCUT2D eigenvalue weighted by Gasteiger charge is 2.28. The number of aromatic nitrogens is 1.